The third kappa shape index (κ3) is 4.25. The molecule has 1 saturated heterocycles. The minimum atomic E-state index is -1.28. The zero-order valence-corrected chi connectivity index (χ0v) is 9.62. The Morgan fingerprint density at radius 3 is 2.06 bits per heavy atom. The van der Waals surface area contributed by atoms with Crippen molar-refractivity contribution in [2.75, 3.05) is 6.61 Å². The number of phenols is 1. The number of hydrogen-bond donors (Lipinski definition) is 5. The molecule has 0 spiro atoms. The van der Waals surface area contributed by atoms with E-state index in [1.165, 1.54) is 0 Å². The number of hydrogen-bond acceptors (Lipinski definition) is 6. The Labute approximate surface area is 105 Å². The molecule has 2 rings (SSSR count). The maximum Gasteiger partial charge on any atom is 0.115 e. The van der Waals surface area contributed by atoms with Crippen molar-refractivity contribution in [3.05, 3.63) is 36.9 Å². The van der Waals surface area contributed by atoms with Gasteiger partial charge in [-0.2, -0.15) is 0 Å². The molecule has 4 atom stereocenters. The Bertz CT molecular complexity index is 329. The van der Waals surface area contributed by atoms with Crippen molar-refractivity contribution in [3.8, 4) is 5.75 Å². The molecule has 0 aliphatic carbocycles. The van der Waals surface area contributed by atoms with Crippen molar-refractivity contribution < 1.29 is 30.3 Å². The van der Waals surface area contributed by atoms with Gasteiger partial charge in [-0.25, -0.2) is 0 Å². The van der Waals surface area contributed by atoms with Gasteiger partial charge in [-0.15, -0.1) is 0 Å². The second kappa shape index (κ2) is 7.30. The van der Waals surface area contributed by atoms with Crippen LogP contribution in [0.1, 0.15) is 0 Å². The number of benzene rings is 1. The lowest BCUT2D eigenvalue weighted by Gasteiger charge is -2.33. The van der Waals surface area contributed by atoms with E-state index < -0.39 is 24.4 Å². The van der Waals surface area contributed by atoms with Gasteiger partial charge in [-0.05, 0) is 12.1 Å². The van der Waals surface area contributed by atoms with Crippen LogP contribution in [-0.4, -0.2) is 56.6 Å². The fraction of sp³-hybridized carbons (Fsp3) is 0.417. The smallest absolute Gasteiger partial charge is 0.115 e. The number of phenolic OH excluding ortho intramolecular Hbond substituents is 1. The van der Waals surface area contributed by atoms with Crippen LogP contribution in [0.25, 0.3) is 0 Å². The van der Waals surface area contributed by atoms with E-state index in [0.29, 0.717) is 5.75 Å². The average molecular weight is 257 g/mol. The predicted octanol–water partition coefficient (Wildman–Crippen LogP) is -0.986. The quantitative estimate of drug-likeness (QED) is 0.442. The average Bonchev–Trinajstić information content (AvgIpc) is 2.38. The van der Waals surface area contributed by atoms with Crippen LogP contribution in [0.2, 0.25) is 0 Å². The van der Waals surface area contributed by atoms with Crippen LogP contribution >= 0.6 is 0 Å². The molecule has 1 aromatic carbocycles. The van der Waals surface area contributed by atoms with Crippen LogP contribution in [0, 0.1) is 6.61 Å². The van der Waals surface area contributed by atoms with Gasteiger partial charge < -0.3 is 30.3 Å². The molecule has 6 nitrogen and oxygen atoms in total. The molecule has 0 bridgehead atoms. The zero-order chi connectivity index (χ0) is 13.5. The van der Waals surface area contributed by atoms with Crippen molar-refractivity contribution in [2.45, 2.75) is 24.4 Å². The number of aliphatic hydroxyl groups is 4. The van der Waals surface area contributed by atoms with Gasteiger partial charge in [0, 0.05) is 0 Å². The lowest BCUT2D eigenvalue weighted by molar-refractivity contribution is -0.169. The SMILES string of the molecule is OC[C@H]1O[CH][C@H](O)[C@@H](O)[C@H]1O.Oc1ccccc1. The standard InChI is InChI=1S/C6H11O5.C6H6O/c7-1-4-6(10)5(9)3(8)2-11-4;7-6-4-2-1-3-5-6/h2-10H,1H2;1-5,7H/t3-,4+,5+,6-;/m0./s1. The lowest BCUT2D eigenvalue weighted by Crippen LogP contribution is -2.52. The number of ether oxygens (including phenoxy) is 1. The highest BCUT2D eigenvalue weighted by Crippen LogP contribution is 2.17. The van der Waals surface area contributed by atoms with Gasteiger partial charge in [0.2, 0.25) is 0 Å². The Balaban J connectivity index is 0.000000199. The number of aliphatic hydroxyl groups excluding tert-OH is 4. The van der Waals surface area contributed by atoms with Gasteiger partial charge >= 0.3 is 0 Å². The number of aromatic hydroxyl groups is 1. The molecule has 1 aliphatic rings. The molecule has 101 valence electrons. The van der Waals surface area contributed by atoms with Gasteiger partial charge in [0.05, 0.1) is 6.61 Å². The third-order valence-electron chi connectivity index (χ3n) is 2.41. The highest BCUT2D eigenvalue weighted by atomic mass is 16.5. The molecular weight excluding hydrogens is 240 g/mol. The van der Waals surface area contributed by atoms with E-state index in [0.717, 1.165) is 6.61 Å². The minimum Gasteiger partial charge on any atom is -0.508 e. The maximum absolute atomic E-state index is 9.09. The van der Waals surface area contributed by atoms with Gasteiger partial charge in [0.25, 0.3) is 0 Å². The largest absolute Gasteiger partial charge is 0.508 e. The first-order chi connectivity index (χ1) is 8.56. The lowest BCUT2D eigenvalue weighted by atomic mass is 10.0. The van der Waals surface area contributed by atoms with Gasteiger partial charge in [-0.1, -0.05) is 18.2 Å². The molecule has 0 saturated carbocycles. The summed E-state index contributed by atoms with van der Waals surface area (Å²) in [6.45, 7) is 0.611. The van der Waals surface area contributed by atoms with E-state index in [4.69, 9.17) is 25.5 Å². The van der Waals surface area contributed by atoms with Crippen LogP contribution in [0.4, 0.5) is 0 Å². The number of rotatable bonds is 1. The van der Waals surface area contributed by atoms with E-state index in [-0.39, 0.29) is 6.61 Å². The normalized spacial score (nSPS) is 31.3. The monoisotopic (exact) mass is 257 g/mol. The summed E-state index contributed by atoms with van der Waals surface area (Å²) in [4.78, 5) is 0. The van der Waals surface area contributed by atoms with E-state index in [1.807, 2.05) is 6.07 Å². The molecule has 0 unspecified atom stereocenters. The van der Waals surface area contributed by atoms with Crippen molar-refractivity contribution in [1.82, 2.24) is 0 Å². The van der Waals surface area contributed by atoms with Crippen LogP contribution in [0.15, 0.2) is 30.3 Å². The highest BCUT2D eigenvalue weighted by Gasteiger charge is 2.37. The van der Waals surface area contributed by atoms with Gasteiger partial charge in [-0.3, -0.25) is 0 Å². The van der Waals surface area contributed by atoms with Crippen LogP contribution in [0.5, 0.6) is 5.75 Å². The van der Waals surface area contributed by atoms with E-state index in [9.17, 15) is 0 Å². The molecule has 6 heteroatoms. The number of para-hydroxylation sites is 1. The molecule has 0 amide bonds. The Morgan fingerprint density at radius 2 is 1.61 bits per heavy atom. The first-order valence-electron chi connectivity index (χ1n) is 5.44. The molecule has 1 aliphatic heterocycles. The minimum absolute atomic E-state index is 0.322. The van der Waals surface area contributed by atoms with Crippen LogP contribution < -0.4 is 0 Å². The van der Waals surface area contributed by atoms with E-state index >= 15 is 0 Å². The summed E-state index contributed by atoms with van der Waals surface area (Å²) in [5.41, 5.74) is 0. The van der Waals surface area contributed by atoms with Gasteiger partial charge in [0.15, 0.2) is 0 Å². The summed E-state index contributed by atoms with van der Waals surface area (Å²) < 4.78 is 4.69. The Morgan fingerprint density at radius 1 is 1.00 bits per heavy atom. The molecule has 5 N–H and O–H groups in total. The van der Waals surface area contributed by atoms with E-state index in [1.54, 1.807) is 24.3 Å². The van der Waals surface area contributed by atoms with Gasteiger partial charge in [0.1, 0.15) is 36.8 Å². The second-order valence-electron chi connectivity index (χ2n) is 3.80. The van der Waals surface area contributed by atoms with Crippen molar-refractivity contribution in [2.24, 2.45) is 0 Å². The van der Waals surface area contributed by atoms with Crippen molar-refractivity contribution >= 4 is 0 Å². The molecule has 1 fully saturated rings. The molecular formula is C12H17O6. The molecule has 1 aromatic rings. The first kappa shape index (κ1) is 14.9. The molecule has 1 heterocycles. The summed E-state index contributed by atoms with van der Waals surface area (Å²) in [5.74, 6) is 0.322. The zero-order valence-electron chi connectivity index (χ0n) is 9.62. The fourth-order valence-corrected chi connectivity index (χ4v) is 1.34. The maximum atomic E-state index is 9.09. The first-order valence-corrected chi connectivity index (χ1v) is 5.44. The van der Waals surface area contributed by atoms with Crippen molar-refractivity contribution in [3.63, 3.8) is 0 Å². The Hall–Kier alpha value is -1.18. The summed E-state index contributed by atoms with van der Waals surface area (Å²) in [7, 11) is 0. The molecule has 0 aromatic heterocycles. The second-order valence-corrected chi connectivity index (χ2v) is 3.80. The Kier molecular flexibility index (Phi) is 6.03. The highest BCUT2D eigenvalue weighted by molar-refractivity contribution is 5.18. The van der Waals surface area contributed by atoms with Crippen molar-refractivity contribution in [1.29, 1.82) is 0 Å². The summed E-state index contributed by atoms with van der Waals surface area (Å²) in [6.07, 6.45) is -4.54. The molecule has 1 radical (unpaired) electrons. The fourth-order valence-electron chi connectivity index (χ4n) is 1.34. The molecule has 18 heavy (non-hydrogen) atoms. The summed E-state index contributed by atoms with van der Waals surface area (Å²) >= 11 is 0. The summed E-state index contributed by atoms with van der Waals surface area (Å²) in [6, 6.07) is 8.71. The van der Waals surface area contributed by atoms with Crippen LogP contribution in [-0.2, 0) is 4.74 Å². The predicted molar refractivity (Wildman–Crippen MR) is 62.4 cm³/mol. The van der Waals surface area contributed by atoms with Crippen LogP contribution in [0.3, 0.4) is 0 Å². The topological polar surface area (TPSA) is 110 Å². The van der Waals surface area contributed by atoms with E-state index in [2.05, 4.69) is 4.74 Å². The third-order valence-corrected chi connectivity index (χ3v) is 2.41. The summed E-state index contributed by atoms with van der Waals surface area (Å²) in [5, 5.41) is 44.2.